The molecular weight excluding hydrogens is 394 g/mol. The topological polar surface area (TPSA) is 71.0 Å². The molecule has 2 aromatic carbocycles. The second kappa shape index (κ2) is 8.97. The van der Waals surface area contributed by atoms with Crippen LogP contribution in [0.5, 0.6) is 5.75 Å². The van der Waals surface area contributed by atoms with Gasteiger partial charge in [0.2, 0.25) is 0 Å². The molecule has 168 valence electrons. The van der Waals surface area contributed by atoms with E-state index >= 15 is 0 Å². The van der Waals surface area contributed by atoms with E-state index in [1.165, 1.54) is 12.0 Å². The molecule has 4 heteroatoms. The molecule has 4 nitrogen and oxygen atoms in total. The summed E-state index contributed by atoms with van der Waals surface area (Å²) in [5.41, 5.74) is 4.51. The number of phenolic OH excluding ortho intramolecular Hbond substituents is 1. The van der Waals surface area contributed by atoms with E-state index in [1.54, 1.807) is 6.07 Å². The highest BCUT2D eigenvalue weighted by atomic mass is 16.3. The summed E-state index contributed by atoms with van der Waals surface area (Å²) in [7, 11) is 0. The zero-order valence-electron chi connectivity index (χ0n) is 20.3. The van der Waals surface area contributed by atoms with Crippen LogP contribution in [0, 0.1) is 22.7 Å². The molecule has 32 heavy (non-hydrogen) atoms. The average Bonchev–Trinajstić information content (AvgIpc) is 2.74. The Morgan fingerprint density at radius 1 is 0.812 bits per heavy atom. The van der Waals surface area contributed by atoms with Gasteiger partial charge in [-0.25, -0.2) is 0 Å². The van der Waals surface area contributed by atoms with Crippen LogP contribution in [0.25, 0.3) is 0 Å². The second-order valence-corrected chi connectivity index (χ2v) is 11.0. The third kappa shape index (κ3) is 4.98. The lowest BCUT2D eigenvalue weighted by Crippen LogP contribution is -2.35. The number of likely N-dealkylation sites (tertiary alicyclic amines) is 1. The predicted octanol–water partition coefficient (Wildman–Crippen LogP) is 6.31. The fourth-order valence-corrected chi connectivity index (χ4v) is 4.57. The number of hydrogen-bond acceptors (Lipinski definition) is 4. The van der Waals surface area contributed by atoms with E-state index in [-0.39, 0.29) is 16.9 Å². The lowest BCUT2D eigenvalue weighted by molar-refractivity contribution is 0.184. The zero-order chi connectivity index (χ0) is 23.7. The maximum atomic E-state index is 11.6. The molecular formula is C28H35N3O. The molecule has 1 unspecified atom stereocenters. The van der Waals surface area contributed by atoms with Gasteiger partial charge < -0.3 is 5.11 Å². The number of rotatable bonds is 3. The zero-order valence-corrected chi connectivity index (χ0v) is 20.3. The summed E-state index contributed by atoms with van der Waals surface area (Å²) < 4.78 is 0. The van der Waals surface area contributed by atoms with Gasteiger partial charge in [0, 0.05) is 5.56 Å². The van der Waals surface area contributed by atoms with E-state index < -0.39 is 0 Å². The van der Waals surface area contributed by atoms with Crippen LogP contribution < -0.4 is 0 Å². The van der Waals surface area contributed by atoms with Crippen LogP contribution in [-0.2, 0) is 10.8 Å². The van der Waals surface area contributed by atoms with Crippen molar-refractivity contribution in [1.29, 1.82) is 10.5 Å². The molecule has 0 amide bonds. The smallest absolute Gasteiger partial charge is 0.124 e. The highest BCUT2D eigenvalue weighted by Crippen LogP contribution is 2.44. The molecule has 3 rings (SSSR count). The van der Waals surface area contributed by atoms with Gasteiger partial charge in [0.1, 0.15) is 5.75 Å². The summed E-state index contributed by atoms with van der Waals surface area (Å²) in [6.07, 6.45) is 3.41. The molecule has 1 N–H and O–H groups in total. The summed E-state index contributed by atoms with van der Waals surface area (Å²) in [6, 6.07) is 13.9. The highest BCUT2D eigenvalue weighted by molar-refractivity contribution is 5.54. The summed E-state index contributed by atoms with van der Waals surface area (Å²) in [6.45, 7) is 14.8. The van der Waals surface area contributed by atoms with Gasteiger partial charge in [-0.2, -0.15) is 10.5 Å². The molecule has 1 fully saturated rings. The molecule has 0 aliphatic carbocycles. The minimum absolute atomic E-state index is 0.0821. The molecule has 1 aliphatic heterocycles. The Kier molecular flexibility index (Phi) is 6.68. The molecule has 0 spiro atoms. The van der Waals surface area contributed by atoms with Gasteiger partial charge in [0.05, 0.1) is 29.3 Å². The van der Waals surface area contributed by atoms with E-state index in [0.717, 1.165) is 42.6 Å². The highest BCUT2D eigenvalue weighted by Gasteiger charge is 2.32. The number of aromatic hydroxyl groups is 1. The number of hydrogen-bond donors (Lipinski definition) is 1. The van der Waals surface area contributed by atoms with Crippen molar-refractivity contribution in [2.24, 2.45) is 0 Å². The number of piperidine rings is 1. The van der Waals surface area contributed by atoms with Gasteiger partial charge in [-0.15, -0.1) is 0 Å². The minimum Gasteiger partial charge on any atom is -0.507 e. The van der Waals surface area contributed by atoms with Crippen LogP contribution >= 0.6 is 0 Å². The van der Waals surface area contributed by atoms with Gasteiger partial charge in [-0.3, -0.25) is 4.90 Å². The Morgan fingerprint density at radius 2 is 1.38 bits per heavy atom. The van der Waals surface area contributed by atoms with Crippen molar-refractivity contribution < 1.29 is 5.11 Å². The maximum Gasteiger partial charge on any atom is 0.124 e. The summed E-state index contributed by atoms with van der Waals surface area (Å²) >= 11 is 0. The van der Waals surface area contributed by atoms with Gasteiger partial charge >= 0.3 is 0 Å². The van der Waals surface area contributed by atoms with Crippen LogP contribution in [0.2, 0.25) is 0 Å². The lowest BCUT2D eigenvalue weighted by atomic mass is 9.77. The first-order chi connectivity index (χ1) is 15.0. The predicted molar refractivity (Wildman–Crippen MR) is 129 cm³/mol. The Hall–Kier alpha value is -2.82. The molecule has 1 atom stereocenters. The summed E-state index contributed by atoms with van der Waals surface area (Å²) in [5, 5.41) is 30.7. The first kappa shape index (κ1) is 23.8. The maximum absolute atomic E-state index is 11.6. The normalized spacial score (nSPS) is 16.2. The van der Waals surface area contributed by atoms with Crippen molar-refractivity contribution in [1.82, 2.24) is 4.90 Å². The van der Waals surface area contributed by atoms with Gasteiger partial charge in [-0.1, -0.05) is 54.0 Å². The Morgan fingerprint density at radius 3 is 1.84 bits per heavy atom. The number of nitriles is 2. The van der Waals surface area contributed by atoms with E-state index in [0.29, 0.717) is 16.9 Å². The van der Waals surface area contributed by atoms with Gasteiger partial charge in [0.25, 0.3) is 0 Å². The Bertz CT molecular complexity index is 1040. The van der Waals surface area contributed by atoms with Crippen molar-refractivity contribution >= 4 is 0 Å². The van der Waals surface area contributed by atoms with Crippen LogP contribution in [0.15, 0.2) is 30.3 Å². The number of nitrogens with zero attached hydrogens (tertiary/aromatic N) is 3. The van der Waals surface area contributed by atoms with Crippen molar-refractivity contribution in [3.63, 3.8) is 0 Å². The molecule has 1 aliphatic rings. The molecule has 1 saturated heterocycles. The van der Waals surface area contributed by atoms with E-state index in [2.05, 4.69) is 70.7 Å². The van der Waals surface area contributed by atoms with E-state index in [9.17, 15) is 15.6 Å². The van der Waals surface area contributed by atoms with Gasteiger partial charge in [0.15, 0.2) is 0 Å². The van der Waals surface area contributed by atoms with E-state index in [1.807, 2.05) is 12.1 Å². The van der Waals surface area contributed by atoms with Crippen molar-refractivity contribution in [3.8, 4) is 17.9 Å². The third-order valence-electron chi connectivity index (χ3n) is 6.39. The van der Waals surface area contributed by atoms with Crippen molar-refractivity contribution in [3.05, 3.63) is 63.7 Å². The van der Waals surface area contributed by atoms with Crippen molar-refractivity contribution in [2.75, 3.05) is 13.1 Å². The second-order valence-electron chi connectivity index (χ2n) is 11.0. The van der Waals surface area contributed by atoms with Crippen LogP contribution in [-0.4, -0.2) is 23.1 Å². The fourth-order valence-electron chi connectivity index (χ4n) is 4.57. The lowest BCUT2D eigenvalue weighted by Gasteiger charge is -2.37. The SMILES string of the molecule is CC(C)(C)c1cc(C(c2cc(C#N)cc(C#N)c2)N2CCCCC2)c(O)c(C(C)(C)C)c1. The fraction of sp³-hybridized carbons (Fsp3) is 0.500. The Balaban J connectivity index is 2.33. The first-order valence-electron chi connectivity index (χ1n) is 11.5. The monoisotopic (exact) mass is 429 g/mol. The Labute approximate surface area is 193 Å². The van der Waals surface area contributed by atoms with Gasteiger partial charge in [-0.05, 0) is 77.7 Å². The minimum atomic E-state index is -0.223. The first-order valence-corrected chi connectivity index (χ1v) is 11.5. The largest absolute Gasteiger partial charge is 0.507 e. The van der Waals surface area contributed by atoms with Crippen LogP contribution in [0.3, 0.4) is 0 Å². The molecule has 2 aromatic rings. The summed E-state index contributed by atoms with van der Waals surface area (Å²) in [5.74, 6) is 0.321. The number of benzene rings is 2. The summed E-state index contributed by atoms with van der Waals surface area (Å²) in [4.78, 5) is 2.40. The quantitative estimate of drug-likeness (QED) is 0.621. The molecule has 0 bridgehead atoms. The van der Waals surface area contributed by atoms with E-state index in [4.69, 9.17) is 0 Å². The van der Waals surface area contributed by atoms with Crippen molar-refractivity contribution in [2.45, 2.75) is 77.7 Å². The number of phenols is 1. The molecule has 0 aromatic heterocycles. The van der Waals surface area contributed by atoms with Crippen LogP contribution in [0.4, 0.5) is 0 Å². The standard InChI is InChI=1S/C28H35N3O/c1-27(2,3)22-15-23(26(32)24(16-22)28(4,5)6)25(31-10-8-7-9-11-31)21-13-19(17-29)12-20(14-21)18-30/h12-16,25,32H,7-11H2,1-6H3. The molecule has 1 heterocycles. The molecule has 0 saturated carbocycles. The van der Waals surface area contributed by atoms with Crippen LogP contribution in [0.1, 0.15) is 100 Å². The average molecular weight is 430 g/mol. The molecule has 0 radical (unpaired) electrons. The third-order valence-corrected chi connectivity index (χ3v) is 6.39.